The lowest BCUT2D eigenvalue weighted by Crippen LogP contribution is -2.35. The lowest BCUT2D eigenvalue weighted by molar-refractivity contribution is -0.138. The quantitative estimate of drug-likeness (QED) is 0.858. The zero-order valence-electron chi connectivity index (χ0n) is 10.7. The second-order valence-corrected chi connectivity index (χ2v) is 4.43. The summed E-state index contributed by atoms with van der Waals surface area (Å²) in [5, 5.41) is 9.75. The van der Waals surface area contributed by atoms with Crippen LogP contribution >= 0.6 is 0 Å². The Morgan fingerprint density at radius 1 is 1.42 bits per heavy atom. The SMILES string of the molecule is CCn1c(=O)c(CC(N)C(=O)O)cc2ccccc21. The molecule has 0 aliphatic rings. The first-order chi connectivity index (χ1) is 9.04. The molecule has 0 saturated carbocycles. The third-order valence-electron chi connectivity index (χ3n) is 3.15. The van der Waals surface area contributed by atoms with E-state index in [-0.39, 0.29) is 12.0 Å². The van der Waals surface area contributed by atoms with Crippen molar-refractivity contribution in [3.63, 3.8) is 0 Å². The number of pyridine rings is 1. The number of benzene rings is 1. The normalized spacial score (nSPS) is 12.5. The molecule has 2 aromatic rings. The predicted molar refractivity (Wildman–Crippen MR) is 73.2 cm³/mol. The van der Waals surface area contributed by atoms with E-state index in [1.165, 1.54) is 0 Å². The first-order valence-corrected chi connectivity index (χ1v) is 6.14. The number of hydrogen-bond acceptors (Lipinski definition) is 3. The maximum Gasteiger partial charge on any atom is 0.320 e. The Morgan fingerprint density at radius 2 is 2.11 bits per heavy atom. The average molecular weight is 260 g/mol. The van der Waals surface area contributed by atoms with Crippen LogP contribution in [0.2, 0.25) is 0 Å². The van der Waals surface area contributed by atoms with E-state index in [0.717, 1.165) is 10.9 Å². The minimum atomic E-state index is -1.10. The van der Waals surface area contributed by atoms with Gasteiger partial charge in [-0.15, -0.1) is 0 Å². The summed E-state index contributed by atoms with van der Waals surface area (Å²) in [6.07, 6.45) is 0.0407. The summed E-state index contributed by atoms with van der Waals surface area (Å²) >= 11 is 0. The second kappa shape index (κ2) is 5.24. The van der Waals surface area contributed by atoms with E-state index in [1.807, 2.05) is 31.2 Å². The van der Waals surface area contributed by atoms with Crippen molar-refractivity contribution >= 4 is 16.9 Å². The third-order valence-corrected chi connectivity index (χ3v) is 3.15. The zero-order chi connectivity index (χ0) is 14.0. The van der Waals surface area contributed by atoms with Crippen molar-refractivity contribution in [1.82, 2.24) is 4.57 Å². The van der Waals surface area contributed by atoms with Crippen LogP contribution in [-0.2, 0) is 17.8 Å². The van der Waals surface area contributed by atoms with Gasteiger partial charge in [-0.3, -0.25) is 9.59 Å². The van der Waals surface area contributed by atoms with Gasteiger partial charge in [0.1, 0.15) is 6.04 Å². The molecule has 3 N–H and O–H groups in total. The van der Waals surface area contributed by atoms with Crippen LogP contribution in [0.15, 0.2) is 35.1 Å². The molecular weight excluding hydrogens is 244 g/mol. The standard InChI is InChI=1S/C14H16N2O3/c1-2-16-12-6-4-3-5-9(12)7-10(13(16)17)8-11(15)14(18)19/h3-7,11H,2,8,15H2,1H3,(H,18,19). The average Bonchev–Trinajstić information content (AvgIpc) is 2.39. The Morgan fingerprint density at radius 3 is 2.74 bits per heavy atom. The Bertz CT molecular complexity index is 676. The third kappa shape index (κ3) is 2.51. The van der Waals surface area contributed by atoms with Gasteiger partial charge >= 0.3 is 5.97 Å². The lowest BCUT2D eigenvalue weighted by atomic mass is 10.1. The predicted octanol–water partition coefficient (Wildman–Crippen LogP) is 0.976. The van der Waals surface area contributed by atoms with E-state index in [1.54, 1.807) is 10.6 Å². The number of para-hydroxylation sites is 1. The number of rotatable bonds is 4. The molecule has 1 unspecified atom stereocenters. The number of hydrogen-bond donors (Lipinski definition) is 2. The van der Waals surface area contributed by atoms with Gasteiger partial charge in [0.25, 0.3) is 5.56 Å². The molecule has 100 valence electrons. The molecule has 0 saturated heterocycles. The van der Waals surface area contributed by atoms with Gasteiger partial charge in [0.05, 0.1) is 5.52 Å². The molecule has 0 aliphatic heterocycles. The summed E-state index contributed by atoms with van der Waals surface area (Å²) in [5.41, 5.74) is 6.63. The Labute approximate surface area is 110 Å². The molecule has 19 heavy (non-hydrogen) atoms. The molecule has 0 bridgehead atoms. The Kier molecular flexibility index (Phi) is 3.66. The first-order valence-electron chi connectivity index (χ1n) is 6.14. The van der Waals surface area contributed by atoms with E-state index in [0.29, 0.717) is 12.1 Å². The van der Waals surface area contributed by atoms with E-state index >= 15 is 0 Å². The highest BCUT2D eigenvalue weighted by Crippen LogP contribution is 2.14. The van der Waals surface area contributed by atoms with Crippen LogP contribution in [0.1, 0.15) is 12.5 Å². The summed E-state index contributed by atoms with van der Waals surface area (Å²) in [4.78, 5) is 23.1. The highest BCUT2D eigenvalue weighted by Gasteiger charge is 2.16. The Hall–Kier alpha value is -2.14. The van der Waals surface area contributed by atoms with Gasteiger partial charge in [0.15, 0.2) is 0 Å². The molecule has 5 nitrogen and oxygen atoms in total. The van der Waals surface area contributed by atoms with Gasteiger partial charge in [-0.25, -0.2) is 0 Å². The number of fused-ring (bicyclic) bond motifs is 1. The first kappa shape index (κ1) is 13.3. The maximum absolute atomic E-state index is 12.3. The number of nitrogens with zero attached hydrogens (tertiary/aromatic N) is 1. The van der Waals surface area contributed by atoms with Crippen LogP contribution in [0.25, 0.3) is 10.9 Å². The molecule has 0 spiro atoms. The molecule has 0 aliphatic carbocycles. The molecular formula is C14H16N2O3. The number of nitrogens with two attached hydrogens (primary N) is 1. The van der Waals surface area contributed by atoms with Gasteiger partial charge < -0.3 is 15.4 Å². The lowest BCUT2D eigenvalue weighted by Gasteiger charge is -2.12. The number of carboxylic acids is 1. The highest BCUT2D eigenvalue weighted by molar-refractivity contribution is 5.80. The van der Waals surface area contributed by atoms with Gasteiger partial charge in [0.2, 0.25) is 0 Å². The summed E-state index contributed by atoms with van der Waals surface area (Å²) in [6, 6.07) is 8.20. The summed E-state index contributed by atoms with van der Waals surface area (Å²) in [6.45, 7) is 2.42. The summed E-state index contributed by atoms with van der Waals surface area (Å²) in [7, 11) is 0. The minimum Gasteiger partial charge on any atom is -0.480 e. The smallest absolute Gasteiger partial charge is 0.320 e. The van der Waals surface area contributed by atoms with E-state index in [9.17, 15) is 9.59 Å². The fourth-order valence-corrected chi connectivity index (χ4v) is 2.17. The molecule has 5 heteroatoms. The van der Waals surface area contributed by atoms with E-state index in [4.69, 9.17) is 10.8 Å². The molecule has 1 heterocycles. The molecule has 0 fully saturated rings. The molecule has 1 atom stereocenters. The number of carboxylic acid groups (broad SMARTS) is 1. The van der Waals surface area contributed by atoms with Crippen molar-refractivity contribution in [1.29, 1.82) is 0 Å². The Balaban J connectivity index is 2.59. The van der Waals surface area contributed by atoms with Crippen LogP contribution in [0.3, 0.4) is 0 Å². The van der Waals surface area contributed by atoms with Crippen LogP contribution in [0.5, 0.6) is 0 Å². The van der Waals surface area contributed by atoms with Crippen molar-refractivity contribution in [2.24, 2.45) is 5.73 Å². The topological polar surface area (TPSA) is 85.3 Å². The number of aliphatic carboxylic acids is 1. The molecule has 1 aromatic carbocycles. The van der Waals surface area contributed by atoms with Gasteiger partial charge in [-0.1, -0.05) is 18.2 Å². The van der Waals surface area contributed by atoms with Crippen molar-refractivity contribution in [2.75, 3.05) is 0 Å². The summed E-state index contributed by atoms with van der Waals surface area (Å²) < 4.78 is 1.64. The fraction of sp³-hybridized carbons (Fsp3) is 0.286. The molecule has 0 radical (unpaired) electrons. The monoisotopic (exact) mass is 260 g/mol. The number of aryl methyl sites for hydroxylation is 1. The number of carbonyl (C=O) groups is 1. The van der Waals surface area contributed by atoms with Crippen LogP contribution < -0.4 is 11.3 Å². The molecule has 1 aromatic heterocycles. The molecule has 0 amide bonds. The van der Waals surface area contributed by atoms with E-state index < -0.39 is 12.0 Å². The zero-order valence-corrected chi connectivity index (χ0v) is 10.7. The second-order valence-electron chi connectivity index (χ2n) is 4.43. The minimum absolute atomic E-state index is 0.0407. The highest BCUT2D eigenvalue weighted by atomic mass is 16.4. The van der Waals surface area contributed by atoms with Crippen molar-refractivity contribution < 1.29 is 9.90 Å². The van der Waals surface area contributed by atoms with E-state index in [2.05, 4.69) is 0 Å². The van der Waals surface area contributed by atoms with Gasteiger partial charge in [0, 0.05) is 18.5 Å². The van der Waals surface area contributed by atoms with Crippen molar-refractivity contribution in [2.45, 2.75) is 25.9 Å². The fourth-order valence-electron chi connectivity index (χ4n) is 2.17. The number of aromatic nitrogens is 1. The van der Waals surface area contributed by atoms with Gasteiger partial charge in [-0.2, -0.15) is 0 Å². The maximum atomic E-state index is 12.3. The van der Waals surface area contributed by atoms with Gasteiger partial charge in [-0.05, 0) is 24.4 Å². The van der Waals surface area contributed by atoms with Crippen LogP contribution in [0.4, 0.5) is 0 Å². The van der Waals surface area contributed by atoms with Crippen LogP contribution in [-0.4, -0.2) is 21.7 Å². The van der Waals surface area contributed by atoms with Crippen molar-refractivity contribution in [3.8, 4) is 0 Å². The summed E-state index contributed by atoms with van der Waals surface area (Å²) in [5.74, 6) is -1.10. The molecule has 2 rings (SSSR count). The van der Waals surface area contributed by atoms with Crippen LogP contribution in [0, 0.1) is 0 Å². The van der Waals surface area contributed by atoms with Crippen molar-refractivity contribution in [3.05, 3.63) is 46.2 Å². The largest absolute Gasteiger partial charge is 0.480 e.